The lowest BCUT2D eigenvalue weighted by molar-refractivity contribution is 0.401. The fraction of sp³-hybridized carbons (Fsp3) is 0.222. The molecule has 1 fully saturated rings. The summed E-state index contributed by atoms with van der Waals surface area (Å²) in [5.41, 5.74) is 7.42. The summed E-state index contributed by atoms with van der Waals surface area (Å²) in [6, 6.07) is 22.3. The number of aromatic nitrogens is 2. The predicted octanol–water partition coefficient (Wildman–Crippen LogP) is 6.51. The van der Waals surface area contributed by atoms with Crippen molar-refractivity contribution in [1.82, 2.24) is 10.2 Å². The van der Waals surface area contributed by atoms with Crippen LogP contribution in [0.15, 0.2) is 71.6 Å². The Bertz CT molecular complexity index is 1350. The van der Waals surface area contributed by atoms with E-state index < -0.39 is 16.7 Å². The molecule has 0 saturated heterocycles. The first-order valence-electron chi connectivity index (χ1n) is 10.9. The second-order valence-electron chi connectivity index (χ2n) is 8.48. The van der Waals surface area contributed by atoms with Crippen molar-refractivity contribution in [2.45, 2.75) is 31.1 Å². The van der Waals surface area contributed by atoms with Crippen molar-refractivity contribution in [3.63, 3.8) is 0 Å². The maximum absolute atomic E-state index is 14.4. The van der Waals surface area contributed by atoms with Crippen LogP contribution in [-0.2, 0) is 10.8 Å². The van der Waals surface area contributed by atoms with Gasteiger partial charge in [-0.25, -0.2) is 0 Å². The van der Waals surface area contributed by atoms with Crippen molar-refractivity contribution in [2.75, 3.05) is 6.26 Å². The molecule has 0 bridgehead atoms. The monoisotopic (exact) mass is 444 g/mol. The Morgan fingerprint density at radius 3 is 2.47 bits per heavy atom. The van der Waals surface area contributed by atoms with Gasteiger partial charge in [0.05, 0.1) is 10.9 Å². The highest BCUT2D eigenvalue weighted by atomic mass is 32.2. The van der Waals surface area contributed by atoms with Gasteiger partial charge in [-0.2, -0.15) is 9.49 Å². The summed E-state index contributed by atoms with van der Waals surface area (Å²) in [6.45, 7) is 2.09. The number of nitrogens with one attached hydrogen (secondary N) is 1. The Balaban J connectivity index is 1.82. The molecule has 5 heteroatoms. The molecule has 1 heterocycles. The first-order chi connectivity index (χ1) is 15.5. The van der Waals surface area contributed by atoms with E-state index in [1.54, 1.807) is 6.26 Å². The van der Waals surface area contributed by atoms with Gasteiger partial charge in [0.2, 0.25) is 5.95 Å². The number of allylic oxidation sites excluding steroid dienone is 1. The number of fused-ring (bicyclic) bond motifs is 1. The number of H-pyrrole nitrogens is 1. The Morgan fingerprint density at radius 1 is 1.03 bits per heavy atom. The van der Waals surface area contributed by atoms with E-state index in [2.05, 4.69) is 35.3 Å². The zero-order chi connectivity index (χ0) is 22.2. The highest BCUT2D eigenvalue weighted by Gasteiger charge is 2.28. The Labute approximate surface area is 189 Å². The SMILES string of the molecule is Cc1cc(S(C)=O)ccc1/C(=C(\c1ccccc1)c1ccc2n[nH]c(F)c2c1)C1CCC1. The van der Waals surface area contributed by atoms with Crippen molar-refractivity contribution in [3.8, 4) is 0 Å². The van der Waals surface area contributed by atoms with Crippen LogP contribution in [0.2, 0.25) is 0 Å². The maximum Gasteiger partial charge on any atom is 0.216 e. The number of benzene rings is 3. The van der Waals surface area contributed by atoms with Gasteiger partial charge in [0.1, 0.15) is 0 Å². The Hall–Kier alpha value is -3.05. The normalized spacial score (nSPS) is 16.0. The van der Waals surface area contributed by atoms with E-state index in [0.717, 1.165) is 40.0 Å². The Morgan fingerprint density at radius 2 is 1.81 bits per heavy atom. The zero-order valence-corrected chi connectivity index (χ0v) is 19.0. The molecular formula is C27H25FN2OS. The largest absolute Gasteiger partial charge is 0.255 e. The number of aryl methyl sites for hydroxylation is 1. The van der Waals surface area contributed by atoms with Crippen LogP contribution in [0, 0.1) is 18.8 Å². The van der Waals surface area contributed by atoms with Crippen LogP contribution in [-0.4, -0.2) is 20.7 Å². The minimum Gasteiger partial charge on any atom is -0.255 e. The standard InChI is InChI=1S/C27H25FN2OS/c1-17-15-21(32(2)31)12-13-22(17)26(19-9-6-10-19)25(18-7-4-3-5-8-18)20-11-14-24-23(16-20)27(28)30-29-24/h3-5,7-8,11-16,19H,6,9-10H2,1-2H3,(H,29,30)/b26-25+. The van der Waals surface area contributed by atoms with Crippen LogP contribution in [0.5, 0.6) is 0 Å². The van der Waals surface area contributed by atoms with Crippen LogP contribution >= 0.6 is 0 Å². The molecule has 1 aliphatic rings. The quantitative estimate of drug-likeness (QED) is 0.357. The first-order valence-corrected chi connectivity index (χ1v) is 12.5. The number of halogens is 1. The zero-order valence-electron chi connectivity index (χ0n) is 18.2. The van der Waals surface area contributed by atoms with Gasteiger partial charge in [-0.3, -0.25) is 9.31 Å². The lowest BCUT2D eigenvalue weighted by Gasteiger charge is -2.32. The summed E-state index contributed by atoms with van der Waals surface area (Å²) in [7, 11) is -1.02. The van der Waals surface area contributed by atoms with Crippen molar-refractivity contribution < 1.29 is 8.60 Å². The molecule has 1 atom stereocenters. The van der Waals surface area contributed by atoms with E-state index in [4.69, 9.17) is 0 Å². The van der Waals surface area contributed by atoms with Crippen molar-refractivity contribution in [3.05, 3.63) is 94.9 Å². The third-order valence-electron chi connectivity index (χ3n) is 6.46. The van der Waals surface area contributed by atoms with Gasteiger partial charge in [-0.1, -0.05) is 48.9 Å². The molecule has 1 aromatic heterocycles. The summed E-state index contributed by atoms with van der Waals surface area (Å²) in [6.07, 6.45) is 5.19. The van der Waals surface area contributed by atoms with Crippen LogP contribution in [0.25, 0.3) is 22.0 Å². The molecular weight excluding hydrogens is 419 g/mol. The Kier molecular flexibility index (Phi) is 5.51. The van der Waals surface area contributed by atoms with Crippen LogP contribution in [0.1, 0.15) is 41.5 Å². The van der Waals surface area contributed by atoms with E-state index in [0.29, 0.717) is 16.8 Å². The average Bonchev–Trinajstić information content (AvgIpc) is 3.13. The fourth-order valence-electron chi connectivity index (χ4n) is 4.59. The summed E-state index contributed by atoms with van der Waals surface area (Å²) < 4.78 is 26.4. The lowest BCUT2D eigenvalue weighted by atomic mass is 9.72. The molecule has 0 amide bonds. The third-order valence-corrected chi connectivity index (χ3v) is 7.38. The van der Waals surface area contributed by atoms with Gasteiger partial charge >= 0.3 is 0 Å². The molecule has 3 nitrogen and oxygen atoms in total. The molecule has 5 rings (SSSR count). The number of hydrogen-bond acceptors (Lipinski definition) is 2. The summed E-state index contributed by atoms with van der Waals surface area (Å²) in [4.78, 5) is 0.836. The molecule has 162 valence electrons. The number of aromatic amines is 1. The van der Waals surface area contributed by atoms with Gasteiger partial charge in [0, 0.05) is 22.0 Å². The summed E-state index contributed by atoms with van der Waals surface area (Å²) in [5, 5.41) is 7.00. The van der Waals surface area contributed by atoms with Gasteiger partial charge < -0.3 is 0 Å². The topological polar surface area (TPSA) is 45.8 Å². The molecule has 4 aromatic rings. The van der Waals surface area contributed by atoms with Crippen molar-refractivity contribution >= 4 is 32.8 Å². The lowest BCUT2D eigenvalue weighted by Crippen LogP contribution is -2.16. The van der Waals surface area contributed by atoms with E-state index in [9.17, 15) is 8.60 Å². The van der Waals surface area contributed by atoms with Gasteiger partial charge in [0.15, 0.2) is 0 Å². The fourth-order valence-corrected chi connectivity index (χ4v) is 5.19. The molecule has 32 heavy (non-hydrogen) atoms. The first kappa shape index (κ1) is 20.8. The maximum atomic E-state index is 14.4. The second kappa shape index (κ2) is 8.47. The van der Waals surface area contributed by atoms with Crippen molar-refractivity contribution in [2.24, 2.45) is 5.92 Å². The average molecular weight is 445 g/mol. The van der Waals surface area contributed by atoms with Crippen molar-refractivity contribution in [1.29, 1.82) is 0 Å². The summed E-state index contributed by atoms with van der Waals surface area (Å²) in [5.74, 6) is 0.0252. The van der Waals surface area contributed by atoms with E-state index in [1.807, 2.05) is 48.5 Å². The van der Waals surface area contributed by atoms with Crippen LogP contribution in [0.3, 0.4) is 0 Å². The minimum absolute atomic E-state index is 0.412. The molecule has 0 aliphatic heterocycles. The van der Waals surface area contributed by atoms with E-state index >= 15 is 0 Å². The van der Waals surface area contributed by atoms with Gasteiger partial charge in [-0.15, -0.1) is 0 Å². The van der Waals surface area contributed by atoms with E-state index in [1.165, 1.54) is 17.6 Å². The smallest absolute Gasteiger partial charge is 0.216 e. The van der Waals surface area contributed by atoms with Crippen LogP contribution in [0.4, 0.5) is 4.39 Å². The molecule has 1 N–H and O–H groups in total. The second-order valence-corrected chi connectivity index (χ2v) is 9.86. The minimum atomic E-state index is -1.02. The molecule has 0 spiro atoms. The highest BCUT2D eigenvalue weighted by Crippen LogP contribution is 2.46. The van der Waals surface area contributed by atoms with Crippen LogP contribution < -0.4 is 0 Å². The number of hydrogen-bond donors (Lipinski definition) is 1. The summed E-state index contributed by atoms with van der Waals surface area (Å²) >= 11 is 0. The molecule has 3 aromatic carbocycles. The third kappa shape index (κ3) is 3.71. The highest BCUT2D eigenvalue weighted by molar-refractivity contribution is 7.84. The molecule has 1 unspecified atom stereocenters. The predicted molar refractivity (Wildman–Crippen MR) is 129 cm³/mol. The number of nitrogens with zero attached hydrogens (tertiary/aromatic N) is 1. The van der Waals surface area contributed by atoms with E-state index in [-0.39, 0.29) is 0 Å². The molecule has 1 aliphatic carbocycles. The molecule has 1 saturated carbocycles. The number of rotatable bonds is 5. The molecule has 0 radical (unpaired) electrons. The van der Waals surface area contributed by atoms with Gasteiger partial charge in [-0.05, 0) is 83.3 Å². The van der Waals surface area contributed by atoms with Gasteiger partial charge in [0.25, 0.3) is 0 Å².